The van der Waals surface area contributed by atoms with Crippen molar-refractivity contribution in [3.05, 3.63) is 46.5 Å². The molecule has 3 rings (SSSR count). The number of guanidine groups is 1. The Kier molecular flexibility index (Phi) is 6.44. The van der Waals surface area contributed by atoms with Gasteiger partial charge < -0.3 is 14.8 Å². The molecule has 0 bridgehead atoms. The van der Waals surface area contributed by atoms with E-state index in [0.717, 1.165) is 48.9 Å². The highest BCUT2D eigenvalue weighted by Crippen LogP contribution is 2.12. The predicted octanol–water partition coefficient (Wildman–Crippen LogP) is 2.84. The molecule has 0 amide bonds. The van der Waals surface area contributed by atoms with Crippen LogP contribution in [0.3, 0.4) is 0 Å². The molecule has 1 aliphatic heterocycles. The Bertz CT molecular complexity index is 688. The van der Waals surface area contributed by atoms with E-state index in [4.69, 9.17) is 4.99 Å². The molecule has 0 atom stereocenters. The van der Waals surface area contributed by atoms with Crippen molar-refractivity contribution in [2.45, 2.75) is 39.3 Å². The number of benzene rings is 1. The van der Waals surface area contributed by atoms with Gasteiger partial charge in [-0.05, 0) is 30.5 Å². The van der Waals surface area contributed by atoms with Crippen molar-refractivity contribution in [2.75, 3.05) is 19.6 Å². The first-order valence-electron chi connectivity index (χ1n) is 8.90. The average molecular weight is 405 g/mol. The quantitative estimate of drug-likeness (QED) is 0.593. The largest absolute Gasteiger partial charge is 0.354 e. The molecule has 1 saturated heterocycles. The van der Waals surface area contributed by atoms with Crippen LogP contribution in [0.25, 0.3) is 0 Å². The molecule has 0 aliphatic carbocycles. The maximum atomic E-state index is 4.84. The van der Waals surface area contributed by atoms with E-state index in [-0.39, 0.29) is 0 Å². The molecule has 2 aromatic rings. The third kappa shape index (κ3) is 5.04. The zero-order chi connectivity index (χ0) is 17.5. The summed E-state index contributed by atoms with van der Waals surface area (Å²) in [6, 6.07) is 8.35. The fourth-order valence-electron chi connectivity index (χ4n) is 2.98. The van der Waals surface area contributed by atoms with Crippen LogP contribution in [-0.2, 0) is 19.5 Å². The number of hydrogen-bond acceptors (Lipinski definition) is 3. The molecular weight excluding hydrogens is 380 g/mol. The molecule has 0 spiro atoms. The summed E-state index contributed by atoms with van der Waals surface area (Å²) >= 11 is 3.48. The number of likely N-dealkylation sites (tertiary alicyclic amines) is 1. The summed E-state index contributed by atoms with van der Waals surface area (Å²) in [4.78, 5) is 7.20. The molecule has 25 heavy (non-hydrogen) atoms. The van der Waals surface area contributed by atoms with Crippen molar-refractivity contribution in [1.29, 1.82) is 0 Å². The molecule has 1 aliphatic rings. The molecule has 1 aromatic carbocycles. The first kappa shape index (κ1) is 17.9. The van der Waals surface area contributed by atoms with Crippen LogP contribution in [-0.4, -0.2) is 45.3 Å². The SMILES string of the molecule is CCc1nncn1CCNC(=NCc1ccc(Br)cc1)N1CCCC1. The predicted molar refractivity (Wildman–Crippen MR) is 103 cm³/mol. The number of nitrogens with one attached hydrogen (secondary N) is 1. The molecule has 0 unspecified atom stereocenters. The maximum absolute atomic E-state index is 4.84. The molecule has 1 fully saturated rings. The van der Waals surface area contributed by atoms with Gasteiger partial charge in [-0.25, -0.2) is 4.99 Å². The second-order valence-corrected chi connectivity index (χ2v) is 7.10. The molecule has 1 N–H and O–H groups in total. The Hall–Kier alpha value is -1.89. The van der Waals surface area contributed by atoms with Gasteiger partial charge in [0, 0.05) is 37.1 Å². The molecule has 2 heterocycles. The lowest BCUT2D eigenvalue weighted by molar-refractivity contribution is 0.486. The number of hydrogen-bond donors (Lipinski definition) is 1. The normalized spacial score (nSPS) is 15.0. The van der Waals surface area contributed by atoms with E-state index in [2.05, 4.69) is 72.1 Å². The minimum Gasteiger partial charge on any atom is -0.354 e. The van der Waals surface area contributed by atoms with Crippen LogP contribution < -0.4 is 5.32 Å². The van der Waals surface area contributed by atoms with Crippen molar-refractivity contribution in [3.63, 3.8) is 0 Å². The molecule has 1 aromatic heterocycles. The van der Waals surface area contributed by atoms with Crippen molar-refractivity contribution in [1.82, 2.24) is 25.0 Å². The third-order valence-electron chi connectivity index (χ3n) is 4.38. The second kappa shape index (κ2) is 8.99. The van der Waals surface area contributed by atoms with Gasteiger partial charge in [0.25, 0.3) is 0 Å². The summed E-state index contributed by atoms with van der Waals surface area (Å²) in [5, 5.41) is 11.6. The zero-order valence-electron chi connectivity index (χ0n) is 14.7. The van der Waals surface area contributed by atoms with Gasteiger partial charge in [-0.3, -0.25) is 0 Å². The number of nitrogens with zero attached hydrogens (tertiary/aromatic N) is 5. The van der Waals surface area contributed by atoms with E-state index in [9.17, 15) is 0 Å². The van der Waals surface area contributed by atoms with Crippen LogP contribution in [0.4, 0.5) is 0 Å². The lowest BCUT2D eigenvalue weighted by Crippen LogP contribution is -2.41. The van der Waals surface area contributed by atoms with Gasteiger partial charge in [-0.15, -0.1) is 10.2 Å². The van der Waals surface area contributed by atoms with Crippen molar-refractivity contribution >= 4 is 21.9 Å². The number of aromatic nitrogens is 3. The maximum Gasteiger partial charge on any atom is 0.194 e. The topological polar surface area (TPSA) is 58.3 Å². The number of aryl methyl sites for hydroxylation is 1. The van der Waals surface area contributed by atoms with Crippen molar-refractivity contribution < 1.29 is 0 Å². The lowest BCUT2D eigenvalue weighted by atomic mass is 10.2. The summed E-state index contributed by atoms with van der Waals surface area (Å²) in [6.07, 6.45) is 5.18. The van der Waals surface area contributed by atoms with Crippen LogP contribution in [0.15, 0.2) is 40.1 Å². The van der Waals surface area contributed by atoms with Gasteiger partial charge in [0.05, 0.1) is 6.54 Å². The minimum absolute atomic E-state index is 0.693. The van der Waals surface area contributed by atoms with Gasteiger partial charge in [0.15, 0.2) is 5.96 Å². The van der Waals surface area contributed by atoms with E-state index in [1.54, 1.807) is 6.33 Å². The third-order valence-corrected chi connectivity index (χ3v) is 4.91. The van der Waals surface area contributed by atoms with Gasteiger partial charge >= 0.3 is 0 Å². The lowest BCUT2D eigenvalue weighted by Gasteiger charge is -2.21. The van der Waals surface area contributed by atoms with E-state index in [0.29, 0.717) is 6.54 Å². The summed E-state index contributed by atoms with van der Waals surface area (Å²) < 4.78 is 3.20. The molecule has 0 saturated carbocycles. The summed E-state index contributed by atoms with van der Waals surface area (Å²) in [7, 11) is 0. The van der Waals surface area contributed by atoms with E-state index < -0.39 is 0 Å². The van der Waals surface area contributed by atoms with Gasteiger partial charge in [-0.2, -0.15) is 0 Å². The molecule has 0 radical (unpaired) electrons. The monoisotopic (exact) mass is 404 g/mol. The average Bonchev–Trinajstić information content (AvgIpc) is 3.31. The number of rotatable bonds is 6. The molecular formula is C18H25BrN6. The fourth-order valence-corrected chi connectivity index (χ4v) is 3.24. The summed E-state index contributed by atoms with van der Waals surface area (Å²) in [6.45, 7) is 6.63. The van der Waals surface area contributed by atoms with E-state index >= 15 is 0 Å². The fraction of sp³-hybridized carbons (Fsp3) is 0.500. The summed E-state index contributed by atoms with van der Waals surface area (Å²) in [5.41, 5.74) is 1.22. The van der Waals surface area contributed by atoms with Crippen LogP contribution in [0.5, 0.6) is 0 Å². The first-order valence-corrected chi connectivity index (χ1v) is 9.70. The van der Waals surface area contributed by atoms with Gasteiger partial charge in [0.1, 0.15) is 12.2 Å². The Balaban J connectivity index is 1.60. The Labute approximate surface area is 157 Å². The zero-order valence-corrected chi connectivity index (χ0v) is 16.2. The molecule has 7 heteroatoms. The van der Waals surface area contributed by atoms with E-state index in [1.165, 1.54) is 18.4 Å². The Morgan fingerprint density at radius 3 is 2.72 bits per heavy atom. The highest BCUT2D eigenvalue weighted by Gasteiger charge is 2.16. The van der Waals surface area contributed by atoms with Crippen LogP contribution in [0, 0.1) is 0 Å². The highest BCUT2D eigenvalue weighted by atomic mass is 79.9. The van der Waals surface area contributed by atoms with E-state index in [1.807, 2.05) is 0 Å². The number of aliphatic imine (C=N–C) groups is 1. The van der Waals surface area contributed by atoms with Crippen LogP contribution in [0.1, 0.15) is 31.2 Å². The standard InChI is InChI=1S/C18H25BrN6/c1-2-17-23-22-14-25(17)12-9-20-18(24-10-3-4-11-24)21-13-15-5-7-16(19)8-6-15/h5-8,14H,2-4,9-13H2,1H3,(H,20,21). The Morgan fingerprint density at radius 1 is 1.24 bits per heavy atom. The first-order chi connectivity index (χ1) is 12.3. The van der Waals surface area contributed by atoms with Gasteiger partial charge in [0.2, 0.25) is 0 Å². The second-order valence-electron chi connectivity index (χ2n) is 6.18. The van der Waals surface area contributed by atoms with Crippen LogP contribution >= 0.6 is 15.9 Å². The molecule has 6 nitrogen and oxygen atoms in total. The smallest absolute Gasteiger partial charge is 0.194 e. The highest BCUT2D eigenvalue weighted by molar-refractivity contribution is 9.10. The van der Waals surface area contributed by atoms with Crippen molar-refractivity contribution in [3.8, 4) is 0 Å². The van der Waals surface area contributed by atoms with Crippen molar-refractivity contribution in [2.24, 2.45) is 4.99 Å². The van der Waals surface area contributed by atoms with Gasteiger partial charge in [-0.1, -0.05) is 35.0 Å². The minimum atomic E-state index is 0.693. The van der Waals surface area contributed by atoms with Crippen LogP contribution in [0.2, 0.25) is 0 Å². The summed E-state index contributed by atoms with van der Waals surface area (Å²) in [5.74, 6) is 2.03. The Morgan fingerprint density at radius 2 is 2.00 bits per heavy atom. The molecule has 134 valence electrons. The number of halogens is 1.